The van der Waals surface area contributed by atoms with E-state index < -0.39 is 37.3 Å². The fraction of sp³-hybridized carbons (Fsp3) is 1.00. The topological polar surface area (TPSA) is 78.9 Å². The summed E-state index contributed by atoms with van der Waals surface area (Å²) in [5.74, 6) is 0. The van der Waals surface area contributed by atoms with Gasteiger partial charge in [0.25, 0.3) is 0 Å². The molecule has 0 rings (SSSR count). The minimum absolute atomic E-state index is 0.195. The largest absolute Gasteiger partial charge is 0.921 e. The second kappa shape index (κ2) is 11.8. The summed E-state index contributed by atoms with van der Waals surface area (Å²) in [4.78, 5) is 0. The molecule has 0 fully saturated rings. The molecule has 10 heteroatoms. The summed E-state index contributed by atoms with van der Waals surface area (Å²) in [5, 5.41) is 0. The van der Waals surface area contributed by atoms with E-state index in [1.807, 2.05) is 27.7 Å². The molecule has 0 aliphatic carbocycles. The predicted octanol–water partition coefficient (Wildman–Crippen LogP) is 6.14. The maximum Gasteiger partial charge on any atom is 0.921 e. The van der Waals surface area contributed by atoms with Gasteiger partial charge < -0.3 is 10.7 Å². The van der Waals surface area contributed by atoms with Crippen LogP contribution in [0.5, 0.6) is 0 Å². The number of hydrogen-bond donors (Lipinski definition) is 0. The maximum atomic E-state index is 13.0. The van der Waals surface area contributed by atoms with Crippen LogP contribution >= 0.6 is 22.1 Å². The van der Waals surface area contributed by atoms with Crippen LogP contribution in [0, 0.1) is 0 Å². The third-order valence-electron chi connectivity index (χ3n) is 4.35. The minimum Gasteiger partial charge on any atom is -0.405 e. The third kappa shape index (κ3) is 8.76. The molecule has 2 unspecified atom stereocenters. The van der Waals surface area contributed by atoms with Crippen LogP contribution < -0.4 is 0 Å². The summed E-state index contributed by atoms with van der Waals surface area (Å²) >= 11 is -3.07. The van der Waals surface area contributed by atoms with Gasteiger partial charge in [-0.25, -0.2) is 0 Å². The van der Waals surface area contributed by atoms with Crippen molar-refractivity contribution in [1.29, 1.82) is 0 Å². The van der Waals surface area contributed by atoms with Crippen molar-refractivity contribution in [2.24, 2.45) is 0 Å². The van der Waals surface area contributed by atoms with E-state index in [1.165, 1.54) is 0 Å². The zero-order chi connectivity index (χ0) is 19.7. The Morgan fingerprint density at radius 3 is 1.60 bits per heavy atom. The van der Waals surface area contributed by atoms with E-state index in [1.54, 1.807) is 20.8 Å². The molecule has 0 aromatic heterocycles. The smallest absolute Gasteiger partial charge is 0.405 e. The lowest BCUT2D eigenvalue weighted by Crippen LogP contribution is -2.27. The Labute approximate surface area is 159 Å². The van der Waals surface area contributed by atoms with Gasteiger partial charge in [0.05, 0.1) is 0 Å². The van der Waals surface area contributed by atoms with Gasteiger partial charge in [0.2, 0.25) is 0 Å². The molecule has 0 aliphatic heterocycles. The monoisotopic (exact) mass is 432 g/mol. The van der Waals surface area contributed by atoms with Crippen molar-refractivity contribution >= 4 is 37.3 Å². The summed E-state index contributed by atoms with van der Waals surface area (Å²) in [6, 6.07) is 0. The third-order valence-corrected chi connectivity index (χ3v) is 17.3. The molecular weight excluding hydrogens is 396 g/mol. The van der Waals surface area contributed by atoms with Crippen LogP contribution in [-0.4, -0.2) is 51.6 Å². The Balaban J connectivity index is 5.56. The van der Waals surface area contributed by atoms with Crippen molar-refractivity contribution in [2.75, 3.05) is 30.8 Å². The van der Waals surface area contributed by atoms with Crippen LogP contribution in [0.15, 0.2) is 0 Å². The molecule has 0 amide bonds. The summed E-state index contributed by atoms with van der Waals surface area (Å²) in [6.45, 7) is 12.8. The molecule has 0 saturated heterocycles. The highest BCUT2D eigenvalue weighted by molar-refractivity contribution is 7.63. The molecule has 25 heavy (non-hydrogen) atoms. The fourth-order valence-electron chi connectivity index (χ4n) is 2.14. The SMILES string of the molecule is CCCCP(=O)(CC)[O][Al]([O]P(=O)(CC)CC)[O]P(=O)(CC)C(C)C. The highest BCUT2D eigenvalue weighted by Crippen LogP contribution is 2.58. The van der Waals surface area contributed by atoms with Gasteiger partial charge >= 0.3 is 15.1 Å². The Bertz CT molecular complexity index is 517. The summed E-state index contributed by atoms with van der Waals surface area (Å²) in [6.07, 6.45) is 3.53. The zero-order valence-electron chi connectivity index (χ0n) is 16.9. The zero-order valence-corrected chi connectivity index (χ0v) is 20.7. The van der Waals surface area contributed by atoms with Crippen LogP contribution in [0.4, 0.5) is 0 Å². The van der Waals surface area contributed by atoms with Gasteiger partial charge in [-0.1, -0.05) is 54.9 Å². The van der Waals surface area contributed by atoms with Gasteiger partial charge in [-0.15, -0.1) is 0 Å². The van der Waals surface area contributed by atoms with E-state index in [0.717, 1.165) is 12.8 Å². The normalized spacial score (nSPS) is 17.3. The van der Waals surface area contributed by atoms with E-state index in [0.29, 0.717) is 30.8 Å². The number of rotatable bonds is 14. The highest BCUT2D eigenvalue weighted by Gasteiger charge is 2.48. The lowest BCUT2D eigenvalue weighted by molar-refractivity contribution is 0.303. The van der Waals surface area contributed by atoms with Crippen molar-refractivity contribution in [3.8, 4) is 0 Å². The lowest BCUT2D eigenvalue weighted by atomic mass is 10.4. The molecule has 0 aliphatic rings. The van der Waals surface area contributed by atoms with E-state index >= 15 is 0 Å². The van der Waals surface area contributed by atoms with Crippen LogP contribution in [0.1, 0.15) is 61.3 Å². The quantitative estimate of drug-likeness (QED) is 0.242. The highest BCUT2D eigenvalue weighted by atomic mass is 31.2. The fourth-order valence-corrected chi connectivity index (χ4v) is 13.4. The van der Waals surface area contributed by atoms with Crippen molar-refractivity contribution < 1.29 is 24.4 Å². The second-order valence-electron chi connectivity index (χ2n) is 6.40. The number of hydrogen-bond acceptors (Lipinski definition) is 6. The van der Waals surface area contributed by atoms with Gasteiger partial charge in [0, 0.05) is 36.5 Å². The first kappa shape index (κ1) is 26.1. The molecule has 6 nitrogen and oxygen atoms in total. The van der Waals surface area contributed by atoms with Crippen LogP contribution in [0.3, 0.4) is 0 Å². The second-order valence-corrected chi connectivity index (χ2v) is 18.2. The molecule has 0 bridgehead atoms. The Morgan fingerprint density at radius 1 is 0.760 bits per heavy atom. The molecule has 0 saturated carbocycles. The molecule has 0 spiro atoms. The summed E-state index contributed by atoms with van der Waals surface area (Å²) in [5.41, 5.74) is -0.195. The van der Waals surface area contributed by atoms with E-state index in [9.17, 15) is 13.7 Å². The molecule has 0 aromatic carbocycles. The van der Waals surface area contributed by atoms with Gasteiger partial charge in [0.15, 0.2) is 22.1 Å². The van der Waals surface area contributed by atoms with Crippen LogP contribution in [0.25, 0.3) is 0 Å². The molecule has 0 heterocycles. The first-order valence-electron chi connectivity index (χ1n) is 9.33. The molecule has 150 valence electrons. The van der Waals surface area contributed by atoms with Crippen molar-refractivity contribution in [1.82, 2.24) is 0 Å². The average Bonchev–Trinajstić information content (AvgIpc) is 2.59. The standard InChI is InChI=1S/C6H15O2P.C5H13O2P.C4H11O2P.Al/c1-3-5-6-9(7,8)4-2;1-4-8(6,7)5(2)3;1-3-7(5,6)4-2;/h3-6H2,1-2H3,(H,7,8);5H,4H2,1-3H3,(H,6,7);3-4H2,1-2H3,(H,5,6);/q;;;+3/p-3. The van der Waals surface area contributed by atoms with Gasteiger partial charge in [-0.2, -0.15) is 0 Å². The van der Waals surface area contributed by atoms with Crippen LogP contribution in [-0.2, 0) is 24.4 Å². The molecule has 2 atom stereocenters. The first-order valence-corrected chi connectivity index (χ1v) is 16.6. The van der Waals surface area contributed by atoms with Crippen molar-refractivity contribution in [3.63, 3.8) is 0 Å². The minimum atomic E-state index is -3.07. The van der Waals surface area contributed by atoms with E-state index in [2.05, 4.69) is 0 Å². The van der Waals surface area contributed by atoms with E-state index in [4.69, 9.17) is 10.7 Å². The van der Waals surface area contributed by atoms with Gasteiger partial charge in [-0.05, 0) is 6.42 Å². The van der Waals surface area contributed by atoms with Crippen molar-refractivity contribution in [2.45, 2.75) is 67.0 Å². The summed E-state index contributed by atoms with van der Waals surface area (Å²) < 4.78 is 56.3. The average molecular weight is 432 g/mol. The molecular formula is C15H36AlO6P3. The summed E-state index contributed by atoms with van der Waals surface area (Å²) in [7, 11) is -8.84. The molecule has 0 aromatic rings. The van der Waals surface area contributed by atoms with Crippen molar-refractivity contribution in [3.05, 3.63) is 0 Å². The van der Waals surface area contributed by atoms with Crippen LogP contribution in [0.2, 0.25) is 0 Å². The van der Waals surface area contributed by atoms with E-state index in [-0.39, 0.29) is 5.66 Å². The Morgan fingerprint density at radius 2 is 1.24 bits per heavy atom. The first-order chi connectivity index (χ1) is 11.5. The Kier molecular flexibility index (Phi) is 12.4. The lowest BCUT2D eigenvalue weighted by Gasteiger charge is -2.28. The predicted molar refractivity (Wildman–Crippen MR) is 109 cm³/mol. The Hall–Kier alpha value is 1.10. The maximum absolute atomic E-state index is 13.0. The van der Waals surface area contributed by atoms with Gasteiger partial charge in [0.1, 0.15) is 0 Å². The van der Waals surface area contributed by atoms with Gasteiger partial charge in [-0.3, -0.25) is 13.7 Å². The molecule has 0 N–H and O–H groups in total. The number of unbranched alkanes of at least 4 members (excludes halogenated alkanes) is 1. The molecule has 0 radical (unpaired) electrons.